The SMILES string of the molecule is CNC(Cc1cc(F)ccc1C)c1ccc(C)s1. The lowest BCUT2D eigenvalue weighted by molar-refractivity contribution is 0.590. The molecule has 2 aromatic rings. The molecule has 96 valence electrons. The molecular weight excluding hydrogens is 245 g/mol. The average Bonchev–Trinajstić information content (AvgIpc) is 2.77. The van der Waals surface area contributed by atoms with Crippen molar-refractivity contribution in [2.24, 2.45) is 0 Å². The summed E-state index contributed by atoms with van der Waals surface area (Å²) in [5.41, 5.74) is 2.21. The summed E-state index contributed by atoms with van der Waals surface area (Å²) in [6.45, 7) is 4.13. The van der Waals surface area contributed by atoms with Gasteiger partial charge in [0.2, 0.25) is 0 Å². The summed E-state index contributed by atoms with van der Waals surface area (Å²) in [4.78, 5) is 2.61. The van der Waals surface area contributed by atoms with Gasteiger partial charge in [-0.05, 0) is 62.7 Å². The highest BCUT2D eigenvalue weighted by Gasteiger charge is 2.13. The van der Waals surface area contributed by atoms with E-state index in [0.717, 1.165) is 17.5 Å². The van der Waals surface area contributed by atoms with Crippen molar-refractivity contribution in [1.29, 1.82) is 0 Å². The molecule has 1 nitrogen and oxygen atoms in total. The van der Waals surface area contributed by atoms with Crippen LogP contribution in [0.15, 0.2) is 30.3 Å². The topological polar surface area (TPSA) is 12.0 Å². The fourth-order valence-corrected chi connectivity index (χ4v) is 3.05. The minimum absolute atomic E-state index is 0.159. The van der Waals surface area contributed by atoms with Gasteiger partial charge in [-0.1, -0.05) is 6.07 Å². The van der Waals surface area contributed by atoms with Gasteiger partial charge < -0.3 is 5.32 Å². The van der Waals surface area contributed by atoms with Gasteiger partial charge in [0, 0.05) is 15.8 Å². The second-order valence-electron chi connectivity index (χ2n) is 4.56. The summed E-state index contributed by atoms with van der Waals surface area (Å²) in [6, 6.07) is 9.53. The normalized spacial score (nSPS) is 12.7. The monoisotopic (exact) mass is 263 g/mol. The molecule has 0 saturated carbocycles. The fourth-order valence-electron chi connectivity index (χ4n) is 2.07. The molecule has 0 aliphatic heterocycles. The molecule has 18 heavy (non-hydrogen) atoms. The maximum atomic E-state index is 13.3. The molecule has 1 aromatic carbocycles. The third-order valence-corrected chi connectivity index (χ3v) is 4.30. The van der Waals surface area contributed by atoms with Gasteiger partial charge in [-0.15, -0.1) is 11.3 Å². The maximum absolute atomic E-state index is 13.3. The Kier molecular flexibility index (Phi) is 4.15. The van der Waals surface area contributed by atoms with Crippen LogP contribution < -0.4 is 5.32 Å². The Hall–Kier alpha value is -1.19. The zero-order valence-corrected chi connectivity index (χ0v) is 11.8. The maximum Gasteiger partial charge on any atom is 0.123 e. The standard InChI is InChI=1S/C15H18FNS/c1-10-4-6-13(16)8-12(10)9-14(17-3)15-7-5-11(2)18-15/h4-8,14,17H,9H2,1-3H3. The highest BCUT2D eigenvalue weighted by atomic mass is 32.1. The molecule has 0 aliphatic rings. The van der Waals surface area contributed by atoms with Gasteiger partial charge in [-0.3, -0.25) is 0 Å². The molecule has 0 radical (unpaired) electrons. The van der Waals surface area contributed by atoms with E-state index in [-0.39, 0.29) is 11.9 Å². The molecule has 1 aromatic heterocycles. The van der Waals surface area contributed by atoms with Crippen LogP contribution in [0.2, 0.25) is 0 Å². The minimum atomic E-state index is -0.159. The van der Waals surface area contributed by atoms with Crippen LogP contribution in [0, 0.1) is 19.7 Å². The molecule has 0 saturated heterocycles. The van der Waals surface area contributed by atoms with Crippen molar-refractivity contribution in [3.8, 4) is 0 Å². The number of hydrogen-bond acceptors (Lipinski definition) is 2. The lowest BCUT2D eigenvalue weighted by Gasteiger charge is -2.16. The highest BCUT2D eigenvalue weighted by Crippen LogP contribution is 2.26. The molecule has 1 unspecified atom stereocenters. The minimum Gasteiger partial charge on any atom is -0.312 e. The summed E-state index contributed by atoms with van der Waals surface area (Å²) in [6.07, 6.45) is 0.819. The third-order valence-electron chi connectivity index (χ3n) is 3.19. The van der Waals surface area contributed by atoms with Crippen molar-refractivity contribution >= 4 is 11.3 Å². The summed E-state index contributed by atoms with van der Waals surface area (Å²) in [5, 5.41) is 3.31. The van der Waals surface area contributed by atoms with Gasteiger partial charge in [0.15, 0.2) is 0 Å². The number of aryl methyl sites for hydroxylation is 2. The number of hydrogen-bond donors (Lipinski definition) is 1. The summed E-state index contributed by atoms with van der Waals surface area (Å²) in [5.74, 6) is -0.159. The first-order chi connectivity index (χ1) is 8.60. The number of rotatable bonds is 4. The van der Waals surface area contributed by atoms with Crippen LogP contribution in [0.25, 0.3) is 0 Å². The van der Waals surface area contributed by atoms with E-state index in [1.54, 1.807) is 17.4 Å². The van der Waals surface area contributed by atoms with Gasteiger partial charge >= 0.3 is 0 Å². The first kappa shape index (κ1) is 13.2. The van der Waals surface area contributed by atoms with E-state index in [1.807, 2.05) is 20.0 Å². The fraction of sp³-hybridized carbons (Fsp3) is 0.333. The third kappa shape index (κ3) is 2.98. The largest absolute Gasteiger partial charge is 0.312 e. The predicted molar refractivity (Wildman–Crippen MR) is 75.7 cm³/mol. The Morgan fingerprint density at radius 2 is 2.00 bits per heavy atom. The van der Waals surface area contributed by atoms with E-state index < -0.39 is 0 Å². The van der Waals surface area contributed by atoms with Gasteiger partial charge in [0.05, 0.1) is 0 Å². The molecule has 1 heterocycles. The Balaban J connectivity index is 2.22. The van der Waals surface area contributed by atoms with E-state index in [4.69, 9.17) is 0 Å². The Labute approximate surface area is 112 Å². The number of likely N-dealkylation sites (N-methyl/N-ethyl adjacent to an activating group) is 1. The highest BCUT2D eigenvalue weighted by molar-refractivity contribution is 7.12. The second kappa shape index (κ2) is 5.63. The van der Waals surface area contributed by atoms with E-state index >= 15 is 0 Å². The molecule has 3 heteroatoms. The molecule has 0 amide bonds. The van der Waals surface area contributed by atoms with Crippen molar-refractivity contribution in [1.82, 2.24) is 5.32 Å². The smallest absolute Gasteiger partial charge is 0.123 e. The van der Waals surface area contributed by atoms with E-state index in [2.05, 4.69) is 24.4 Å². The van der Waals surface area contributed by atoms with E-state index in [1.165, 1.54) is 15.8 Å². The molecule has 2 rings (SSSR count). The number of halogens is 1. The van der Waals surface area contributed by atoms with E-state index in [0.29, 0.717) is 0 Å². The number of thiophene rings is 1. The van der Waals surface area contributed by atoms with Crippen LogP contribution >= 0.6 is 11.3 Å². The van der Waals surface area contributed by atoms with Gasteiger partial charge in [0.25, 0.3) is 0 Å². The van der Waals surface area contributed by atoms with Crippen molar-refractivity contribution in [2.75, 3.05) is 7.05 Å². The number of benzene rings is 1. The van der Waals surface area contributed by atoms with Crippen molar-refractivity contribution < 1.29 is 4.39 Å². The predicted octanol–water partition coefficient (Wildman–Crippen LogP) is 4.01. The van der Waals surface area contributed by atoms with Crippen LogP contribution in [-0.4, -0.2) is 7.05 Å². The van der Waals surface area contributed by atoms with E-state index in [9.17, 15) is 4.39 Å². The summed E-state index contributed by atoms with van der Waals surface area (Å²) < 4.78 is 13.3. The van der Waals surface area contributed by atoms with Crippen LogP contribution in [0.1, 0.15) is 26.9 Å². The Morgan fingerprint density at radius 1 is 1.22 bits per heavy atom. The summed E-state index contributed by atoms with van der Waals surface area (Å²) in [7, 11) is 1.95. The molecule has 0 bridgehead atoms. The molecular formula is C15H18FNS. The van der Waals surface area contributed by atoms with Crippen LogP contribution in [0.5, 0.6) is 0 Å². The number of nitrogens with one attached hydrogen (secondary N) is 1. The van der Waals surface area contributed by atoms with Gasteiger partial charge in [-0.25, -0.2) is 4.39 Å². The lowest BCUT2D eigenvalue weighted by Crippen LogP contribution is -2.18. The average molecular weight is 263 g/mol. The van der Waals surface area contributed by atoms with Crippen molar-refractivity contribution in [2.45, 2.75) is 26.3 Å². The van der Waals surface area contributed by atoms with Gasteiger partial charge in [-0.2, -0.15) is 0 Å². The van der Waals surface area contributed by atoms with Crippen LogP contribution in [0.4, 0.5) is 4.39 Å². The Morgan fingerprint density at radius 3 is 2.61 bits per heavy atom. The molecule has 0 fully saturated rings. The molecule has 1 atom stereocenters. The van der Waals surface area contributed by atoms with Crippen LogP contribution in [-0.2, 0) is 6.42 Å². The second-order valence-corrected chi connectivity index (χ2v) is 5.88. The molecule has 0 spiro atoms. The summed E-state index contributed by atoms with van der Waals surface area (Å²) >= 11 is 1.79. The molecule has 0 aliphatic carbocycles. The zero-order chi connectivity index (χ0) is 13.1. The van der Waals surface area contributed by atoms with Crippen LogP contribution in [0.3, 0.4) is 0 Å². The quantitative estimate of drug-likeness (QED) is 0.879. The Bertz CT molecular complexity index is 533. The molecule has 1 N–H and O–H groups in total. The zero-order valence-electron chi connectivity index (χ0n) is 11.0. The first-order valence-corrected chi connectivity index (χ1v) is 6.90. The first-order valence-electron chi connectivity index (χ1n) is 6.09. The van der Waals surface area contributed by atoms with Gasteiger partial charge in [0.1, 0.15) is 5.82 Å². The van der Waals surface area contributed by atoms with Crippen molar-refractivity contribution in [3.05, 3.63) is 57.0 Å². The van der Waals surface area contributed by atoms with Crippen molar-refractivity contribution in [3.63, 3.8) is 0 Å². The lowest BCUT2D eigenvalue weighted by atomic mass is 10.00.